The summed E-state index contributed by atoms with van der Waals surface area (Å²) in [4.78, 5) is 44.0. The number of nitrogens with one attached hydrogen (secondary N) is 2. The average molecular weight is 515 g/mol. The van der Waals surface area contributed by atoms with Crippen LogP contribution in [0, 0.1) is 6.92 Å². The molecule has 0 unspecified atom stereocenters. The van der Waals surface area contributed by atoms with E-state index in [9.17, 15) is 14.4 Å². The van der Waals surface area contributed by atoms with Gasteiger partial charge in [-0.2, -0.15) is 0 Å². The van der Waals surface area contributed by atoms with E-state index in [0.717, 1.165) is 29.5 Å². The molecule has 2 aromatic rings. The fourth-order valence-electron chi connectivity index (χ4n) is 5.42. The molecule has 1 saturated heterocycles. The molecule has 3 atom stereocenters. The Hall–Kier alpha value is -3.91. The number of aryl methyl sites for hydroxylation is 1. The molecule has 3 aliphatic rings. The lowest BCUT2D eigenvalue weighted by molar-refractivity contribution is -0.136. The molecule has 198 valence electrons. The number of carbonyl (C=O) groups is 3. The highest BCUT2D eigenvalue weighted by Gasteiger charge is 2.47. The van der Waals surface area contributed by atoms with Crippen molar-refractivity contribution in [2.75, 3.05) is 26.2 Å². The number of hydrogen-bond acceptors (Lipinski definition) is 4. The van der Waals surface area contributed by atoms with Crippen LogP contribution in [-0.4, -0.2) is 66.0 Å². The fraction of sp³-hybridized carbons (Fsp3) is 0.367. The van der Waals surface area contributed by atoms with E-state index in [0.29, 0.717) is 30.8 Å². The zero-order chi connectivity index (χ0) is 26.6. The molecule has 8 nitrogen and oxygen atoms in total. The Labute approximate surface area is 223 Å². The van der Waals surface area contributed by atoms with E-state index >= 15 is 0 Å². The molecular weight excluding hydrogens is 480 g/mol. The van der Waals surface area contributed by atoms with Crippen LogP contribution in [0.15, 0.2) is 78.5 Å². The second kappa shape index (κ2) is 11.2. The van der Waals surface area contributed by atoms with E-state index < -0.39 is 12.1 Å². The van der Waals surface area contributed by atoms with Crippen molar-refractivity contribution in [3.63, 3.8) is 0 Å². The predicted octanol–water partition coefficient (Wildman–Crippen LogP) is 3.25. The van der Waals surface area contributed by atoms with Crippen molar-refractivity contribution in [2.45, 2.75) is 44.4 Å². The quantitative estimate of drug-likeness (QED) is 0.503. The molecule has 0 bridgehead atoms. The third-order valence-electron chi connectivity index (χ3n) is 7.45. The first-order valence-electron chi connectivity index (χ1n) is 13.2. The van der Waals surface area contributed by atoms with Crippen LogP contribution >= 0.6 is 0 Å². The topological polar surface area (TPSA) is 91.0 Å². The smallest absolute Gasteiger partial charge is 0.322 e. The number of amides is 4. The van der Waals surface area contributed by atoms with Crippen LogP contribution in [0.3, 0.4) is 0 Å². The number of benzene rings is 2. The molecule has 38 heavy (non-hydrogen) atoms. The van der Waals surface area contributed by atoms with Crippen LogP contribution in [0.2, 0.25) is 0 Å². The molecule has 1 fully saturated rings. The first-order chi connectivity index (χ1) is 18.5. The third-order valence-corrected chi connectivity index (χ3v) is 7.45. The van der Waals surface area contributed by atoms with Gasteiger partial charge in [0.25, 0.3) is 5.91 Å². The van der Waals surface area contributed by atoms with Gasteiger partial charge in [-0.15, -0.1) is 6.58 Å². The number of carbonyl (C=O) groups excluding carboxylic acids is 3. The lowest BCUT2D eigenvalue weighted by atomic mass is 9.94. The first-order valence-corrected chi connectivity index (χ1v) is 13.2. The normalized spacial score (nSPS) is 21.8. The molecule has 3 aliphatic heterocycles. The van der Waals surface area contributed by atoms with Crippen LogP contribution in [0.25, 0.3) is 0 Å². The van der Waals surface area contributed by atoms with Gasteiger partial charge in [0.2, 0.25) is 5.91 Å². The molecule has 3 heterocycles. The van der Waals surface area contributed by atoms with Crippen LogP contribution in [0.5, 0.6) is 0 Å². The highest BCUT2D eigenvalue weighted by molar-refractivity contribution is 6.03. The summed E-state index contributed by atoms with van der Waals surface area (Å²) in [6, 6.07) is 15.9. The Bertz CT molecular complexity index is 1230. The SMILES string of the molecule is C=CCN1C(=O)N[C@H](c2ccc(C)cc2)C2=C1CN([C@@H](Cc1ccccc1)C(=O)NC[C@@H]1CCCO1)C2=O. The Morgan fingerprint density at radius 1 is 1.18 bits per heavy atom. The van der Waals surface area contributed by atoms with Crippen molar-refractivity contribution in [3.05, 3.63) is 95.2 Å². The summed E-state index contributed by atoms with van der Waals surface area (Å²) in [5.74, 6) is -0.466. The van der Waals surface area contributed by atoms with Gasteiger partial charge in [-0.1, -0.05) is 66.2 Å². The summed E-state index contributed by atoms with van der Waals surface area (Å²) in [7, 11) is 0. The summed E-state index contributed by atoms with van der Waals surface area (Å²) < 4.78 is 5.68. The van der Waals surface area contributed by atoms with Crippen LogP contribution in [0.1, 0.15) is 35.6 Å². The Balaban J connectivity index is 1.47. The minimum Gasteiger partial charge on any atom is -0.376 e. The molecule has 0 aromatic heterocycles. The maximum atomic E-state index is 14.1. The van der Waals surface area contributed by atoms with Gasteiger partial charge in [0.15, 0.2) is 0 Å². The number of urea groups is 1. The molecule has 0 spiro atoms. The zero-order valence-electron chi connectivity index (χ0n) is 21.7. The van der Waals surface area contributed by atoms with Gasteiger partial charge in [0.05, 0.1) is 30.0 Å². The van der Waals surface area contributed by atoms with E-state index in [1.165, 1.54) is 0 Å². The molecule has 4 amide bonds. The molecule has 0 aliphatic carbocycles. The number of nitrogens with zero attached hydrogens (tertiary/aromatic N) is 2. The minimum atomic E-state index is -0.740. The minimum absolute atomic E-state index is 0.00671. The highest BCUT2D eigenvalue weighted by Crippen LogP contribution is 2.37. The molecule has 2 aromatic carbocycles. The van der Waals surface area contributed by atoms with Crippen molar-refractivity contribution < 1.29 is 19.1 Å². The Morgan fingerprint density at radius 2 is 1.95 bits per heavy atom. The maximum absolute atomic E-state index is 14.1. The molecule has 0 saturated carbocycles. The fourth-order valence-corrected chi connectivity index (χ4v) is 5.42. The van der Waals surface area contributed by atoms with Crippen molar-refractivity contribution >= 4 is 17.8 Å². The number of hydrogen-bond donors (Lipinski definition) is 2. The van der Waals surface area contributed by atoms with Crippen LogP contribution < -0.4 is 10.6 Å². The van der Waals surface area contributed by atoms with Gasteiger partial charge < -0.3 is 20.3 Å². The second-order valence-electron chi connectivity index (χ2n) is 10.1. The van der Waals surface area contributed by atoms with Gasteiger partial charge in [-0.25, -0.2) is 4.79 Å². The van der Waals surface area contributed by atoms with Crippen molar-refractivity contribution in [1.82, 2.24) is 20.4 Å². The molecule has 8 heteroatoms. The molecule has 5 rings (SSSR count). The van der Waals surface area contributed by atoms with Crippen molar-refractivity contribution in [2.24, 2.45) is 0 Å². The van der Waals surface area contributed by atoms with E-state index in [-0.39, 0.29) is 37.0 Å². The summed E-state index contributed by atoms with van der Waals surface area (Å²) >= 11 is 0. The largest absolute Gasteiger partial charge is 0.376 e. The third kappa shape index (κ3) is 5.22. The summed E-state index contributed by atoms with van der Waals surface area (Å²) in [5.41, 5.74) is 3.99. The van der Waals surface area contributed by atoms with Gasteiger partial charge in [-0.05, 0) is 30.9 Å². The van der Waals surface area contributed by atoms with E-state index in [2.05, 4.69) is 17.2 Å². The van der Waals surface area contributed by atoms with Crippen molar-refractivity contribution in [3.8, 4) is 0 Å². The summed E-state index contributed by atoms with van der Waals surface area (Å²) in [6.45, 7) is 7.33. The van der Waals surface area contributed by atoms with Gasteiger partial charge in [0.1, 0.15) is 6.04 Å². The van der Waals surface area contributed by atoms with Crippen LogP contribution in [0.4, 0.5) is 4.79 Å². The van der Waals surface area contributed by atoms with Gasteiger partial charge in [-0.3, -0.25) is 14.5 Å². The van der Waals surface area contributed by atoms with E-state index in [1.807, 2.05) is 61.5 Å². The Kier molecular flexibility index (Phi) is 7.60. The molecular formula is C30H34N4O4. The second-order valence-corrected chi connectivity index (χ2v) is 10.1. The highest BCUT2D eigenvalue weighted by atomic mass is 16.5. The van der Waals surface area contributed by atoms with Crippen LogP contribution in [-0.2, 0) is 20.7 Å². The lowest BCUT2D eigenvalue weighted by Gasteiger charge is -2.33. The number of rotatable bonds is 9. The standard InChI is InChI=1S/C30H34N4O4/c1-3-15-33-25-19-34(29(36)26(25)27(32-30(33)37)22-13-11-20(2)12-14-22)24(17-21-8-5-4-6-9-21)28(35)31-18-23-10-7-16-38-23/h3-6,8-9,11-14,23-24,27H,1,7,10,15-19H2,2H3,(H,31,35)(H,32,37)/t23-,24-,27+/m0/s1. The zero-order valence-corrected chi connectivity index (χ0v) is 21.7. The lowest BCUT2D eigenvalue weighted by Crippen LogP contribution is -2.51. The first kappa shape index (κ1) is 25.7. The summed E-state index contributed by atoms with van der Waals surface area (Å²) in [6.07, 6.45) is 3.88. The predicted molar refractivity (Wildman–Crippen MR) is 144 cm³/mol. The van der Waals surface area contributed by atoms with Crippen molar-refractivity contribution in [1.29, 1.82) is 0 Å². The van der Waals surface area contributed by atoms with E-state index in [1.54, 1.807) is 15.9 Å². The van der Waals surface area contributed by atoms with Gasteiger partial charge >= 0.3 is 6.03 Å². The average Bonchev–Trinajstić information content (AvgIpc) is 3.57. The van der Waals surface area contributed by atoms with E-state index in [4.69, 9.17) is 4.74 Å². The molecule has 0 radical (unpaired) electrons. The summed E-state index contributed by atoms with van der Waals surface area (Å²) in [5, 5.41) is 6.04. The Morgan fingerprint density at radius 3 is 2.63 bits per heavy atom. The number of ether oxygens (including phenoxy) is 1. The van der Waals surface area contributed by atoms with Gasteiger partial charge in [0, 0.05) is 26.1 Å². The maximum Gasteiger partial charge on any atom is 0.322 e. The monoisotopic (exact) mass is 514 g/mol. The molecule has 2 N–H and O–H groups in total.